The summed E-state index contributed by atoms with van der Waals surface area (Å²) >= 11 is 0. The smallest absolute Gasteiger partial charge is 0.251 e. The van der Waals surface area contributed by atoms with Gasteiger partial charge in [-0.1, -0.05) is 6.42 Å². The first-order valence-corrected chi connectivity index (χ1v) is 9.63. The van der Waals surface area contributed by atoms with E-state index >= 15 is 0 Å². The van der Waals surface area contributed by atoms with Gasteiger partial charge < -0.3 is 9.55 Å². The number of aromatic nitrogens is 5. The molecule has 29 heavy (non-hydrogen) atoms. The lowest BCUT2D eigenvalue weighted by Gasteiger charge is -2.25. The Morgan fingerprint density at radius 1 is 1.21 bits per heavy atom. The fourth-order valence-electron chi connectivity index (χ4n) is 3.97. The number of H-pyrrole nitrogens is 1. The molecular weight excluding hydrogens is 376 g/mol. The third-order valence-electron chi connectivity index (χ3n) is 5.85. The fourth-order valence-corrected chi connectivity index (χ4v) is 3.97. The maximum Gasteiger partial charge on any atom is 0.251 e. The van der Waals surface area contributed by atoms with Crippen molar-refractivity contribution in [2.45, 2.75) is 45.6 Å². The van der Waals surface area contributed by atoms with Crippen LogP contribution in [0.1, 0.15) is 47.8 Å². The van der Waals surface area contributed by atoms with Gasteiger partial charge in [-0.3, -0.25) is 4.79 Å². The summed E-state index contributed by atoms with van der Waals surface area (Å²) in [5.74, 6) is -0.847. The molecule has 1 aromatic carbocycles. The Bertz CT molecular complexity index is 1340. The van der Waals surface area contributed by atoms with E-state index in [0.717, 1.165) is 36.8 Å². The highest BCUT2D eigenvalue weighted by molar-refractivity contribution is 5.84. The van der Waals surface area contributed by atoms with Gasteiger partial charge in [-0.2, -0.15) is 0 Å². The molecule has 1 aliphatic rings. The Morgan fingerprint density at radius 3 is 2.72 bits per heavy atom. The van der Waals surface area contributed by atoms with Gasteiger partial charge in [-0.05, 0) is 44.4 Å². The topological polar surface area (TPSA) is 76.5 Å². The van der Waals surface area contributed by atoms with Crippen LogP contribution in [0.4, 0.5) is 8.78 Å². The van der Waals surface area contributed by atoms with Crippen molar-refractivity contribution in [3.63, 3.8) is 0 Å². The summed E-state index contributed by atoms with van der Waals surface area (Å²) in [4.78, 5) is 28.7. The van der Waals surface area contributed by atoms with Crippen LogP contribution < -0.4 is 5.56 Å². The van der Waals surface area contributed by atoms with E-state index in [1.807, 2.05) is 11.5 Å². The molecule has 1 N–H and O–H groups in total. The highest BCUT2D eigenvalue weighted by atomic mass is 19.2. The van der Waals surface area contributed by atoms with Gasteiger partial charge in [0.15, 0.2) is 22.9 Å². The molecule has 3 aromatic heterocycles. The molecule has 0 aliphatic heterocycles. The van der Waals surface area contributed by atoms with Crippen molar-refractivity contribution in [2.24, 2.45) is 0 Å². The summed E-state index contributed by atoms with van der Waals surface area (Å²) in [6, 6.07) is 2.59. The number of rotatable bonds is 3. The number of nitrogens with one attached hydrogen (secondary N) is 1. The lowest BCUT2D eigenvalue weighted by molar-refractivity contribution is 0.391. The van der Waals surface area contributed by atoms with Crippen molar-refractivity contribution < 1.29 is 8.78 Å². The van der Waals surface area contributed by atoms with E-state index in [1.165, 1.54) is 6.07 Å². The van der Waals surface area contributed by atoms with Crippen LogP contribution in [0.15, 0.2) is 23.1 Å². The van der Waals surface area contributed by atoms with Crippen LogP contribution in [0.2, 0.25) is 0 Å². The van der Waals surface area contributed by atoms with E-state index in [-0.39, 0.29) is 12.1 Å². The number of aryl methyl sites for hydroxylation is 1. The first-order chi connectivity index (χ1) is 13.9. The number of nitrogens with zero attached hydrogens (tertiary/aromatic N) is 4. The number of pyridine rings is 1. The molecule has 8 heteroatoms. The predicted octanol–water partition coefficient (Wildman–Crippen LogP) is 3.88. The van der Waals surface area contributed by atoms with Gasteiger partial charge in [0.1, 0.15) is 5.82 Å². The van der Waals surface area contributed by atoms with Crippen LogP contribution >= 0.6 is 0 Å². The van der Waals surface area contributed by atoms with Crippen molar-refractivity contribution in [1.29, 1.82) is 0 Å². The standard InChI is InChI=1S/C21H19F2N5O/c1-10-8-24-20-18(25-10)27-19(12-4-3-5-12)28(20)9-14-11(2)21(29)26-17-13(14)6-7-15(22)16(17)23/h6-8,12H,3-5,9H2,1-2H3,(H,26,29). The van der Waals surface area contributed by atoms with Gasteiger partial charge in [-0.15, -0.1) is 0 Å². The van der Waals surface area contributed by atoms with Crippen molar-refractivity contribution in [2.75, 3.05) is 0 Å². The maximum atomic E-state index is 14.4. The third-order valence-corrected chi connectivity index (χ3v) is 5.85. The quantitative estimate of drug-likeness (QED) is 0.571. The number of imidazole rings is 1. The molecule has 1 aliphatic carbocycles. The molecule has 3 heterocycles. The number of fused-ring (bicyclic) bond motifs is 2. The van der Waals surface area contributed by atoms with Crippen LogP contribution in [-0.2, 0) is 6.54 Å². The number of hydrogen-bond acceptors (Lipinski definition) is 4. The largest absolute Gasteiger partial charge is 0.319 e. The molecule has 0 amide bonds. The van der Waals surface area contributed by atoms with Gasteiger partial charge in [0, 0.05) is 16.9 Å². The second-order valence-corrected chi connectivity index (χ2v) is 7.68. The Hall–Kier alpha value is -3.16. The number of hydrogen-bond donors (Lipinski definition) is 1. The number of halogens is 2. The minimum Gasteiger partial charge on any atom is -0.319 e. The lowest BCUT2D eigenvalue weighted by atomic mass is 9.85. The first kappa shape index (κ1) is 17.9. The Labute approximate surface area is 164 Å². The fraction of sp³-hybridized carbons (Fsp3) is 0.333. The average Bonchev–Trinajstić information content (AvgIpc) is 2.98. The second-order valence-electron chi connectivity index (χ2n) is 7.68. The van der Waals surface area contributed by atoms with Crippen molar-refractivity contribution >= 4 is 22.2 Å². The van der Waals surface area contributed by atoms with E-state index in [4.69, 9.17) is 4.98 Å². The summed E-state index contributed by atoms with van der Waals surface area (Å²) < 4.78 is 30.0. The highest BCUT2D eigenvalue weighted by Crippen LogP contribution is 2.37. The minimum atomic E-state index is -1.05. The second kappa shape index (κ2) is 6.43. The molecule has 5 rings (SSSR count). The molecule has 0 unspecified atom stereocenters. The monoisotopic (exact) mass is 395 g/mol. The Morgan fingerprint density at radius 2 is 2.00 bits per heavy atom. The molecule has 0 radical (unpaired) electrons. The van der Waals surface area contributed by atoms with Gasteiger partial charge in [0.2, 0.25) is 0 Å². The van der Waals surface area contributed by atoms with Gasteiger partial charge in [0.05, 0.1) is 24.0 Å². The van der Waals surface area contributed by atoms with Gasteiger partial charge in [-0.25, -0.2) is 23.7 Å². The molecule has 0 atom stereocenters. The third kappa shape index (κ3) is 2.73. The summed E-state index contributed by atoms with van der Waals surface area (Å²) in [5.41, 5.74) is 2.51. The van der Waals surface area contributed by atoms with Crippen LogP contribution in [0.5, 0.6) is 0 Å². The van der Waals surface area contributed by atoms with E-state index in [2.05, 4.69) is 15.0 Å². The predicted molar refractivity (Wildman–Crippen MR) is 105 cm³/mol. The van der Waals surface area contributed by atoms with Gasteiger partial charge >= 0.3 is 0 Å². The van der Waals surface area contributed by atoms with Crippen molar-refractivity contribution in [3.8, 4) is 0 Å². The average molecular weight is 395 g/mol. The molecule has 1 fully saturated rings. The van der Waals surface area contributed by atoms with E-state index in [9.17, 15) is 13.6 Å². The van der Waals surface area contributed by atoms with Crippen LogP contribution in [0.25, 0.3) is 22.2 Å². The molecule has 0 bridgehead atoms. The normalized spacial score (nSPS) is 14.6. The zero-order valence-electron chi connectivity index (χ0n) is 16.1. The van der Waals surface area contributed by atoms with Crippen molar-refractivity contribution in [1.82, 2.24) is 24.5 Å². The van der Waals surface area contributed by atoms with Gasteiger partial charge in [0.25, 0.3) is 5.56 Å². The molecule has 0 spiro atoms. The zero-order chi connectivity index (χ0) is 20.3. The van der Waals surface area contributed by atoms with Crippen LogP contribution in [0.3, 0.4) is 0 Å². The molecule has 4 aromatic rings. The SMILES string of the molecule is Cc1cnc2c(n1)nc(C1CCC1)n2Cc1c(C)c(=O)[nH]c2c(F)c(F)ccc12. The maximum absolute atomic E-state index is 14.4. The zero-order valence-corrected chi connectivity index (χ0v) is 16.1. The minimum absolute atomic E-state index is 0.118. The van der Waals surface area contributed by atoms with Crippen LogP contribution in [-0.4, -0.2) is 24.5 Å². The number of benzene rings is 1. The van der Waals surface area contributed by atoms with E-state index < -0.39 is 17.2 Å². The van der Waals surface area contributed by atoms with E-state index in [0.29, 0.717) is 33.7 Å². The summed E-state index contributed by atoms with van der Waals surface area (Å²) in [6.07, 6.45) is 4.91. The molecule has 148 valence electrons. The summed E-state index contributed by atoms with van der Waals surface area (Å²) in [5, 5.41) is 0.475. The summed E-state index contributed by atoms with van der Waals surface area (Å²) in [7, 11) is 0. The highest BCUT2D eigenvalue weighted by Gasteiger charge is 2.27. The lowest BCUT2D eigenvalue weighted by Crippen LogP contribution is -2.19. The molecular formula is C21H19F2N5O. The summed E-state index contributed by atoms with van der Waals surface area (Å²) in [6.45, 7) is 3.84. The number of aromatic amines is 1. The Kier molecular flexibility index (Phi) is 3.97. The molecule has 0 saturated heterocycles. The van der Waals surface area contributed by atoms with E-state index in [1.54, 1.807) is 13.1 Å². The first-order valence-electron chi connectivity index (χ1n) is 9.63. The molecule has 6 nitrogen and oxygen atoms in total. The Balaban J connectivity index is 1.76. The van der Waals surface area contributed by atoms with Crippen LogP contribution in [0, 0.1) is 25.5 Å². The van der Waals surface area contributed by atoms with Crippen molar-refractivity contribution in [3.05, 3.63) is 63.0 Å². The molecule has 1 saturated carbocycles.